The topological polar surface area (TPSA) is 93.1 Å². The second kappa shape index (κ2) is 10.0. The van der Waals surface area contributed by atoms with E-state index in [1.54, 1.807) is 40.4 Å². The minimum absolute atomic E-state index is 0.212. The number of nitriles is 1. The lowest BCUT2D eigenvalue weighted by Gasteiger charge is -2.31. The average Bonchev–Trinajstić information content (AvgIpc) is 3.58. The monoisotopic (exact) mass is 503 g/mol. The molecular weight excluding hydrogens is 478 g/mol. The van der Waals surface area contributed by atoms with Gasteiger partial charge in [0.05, 0.1) is 30.2 Å². The van der Waals surface area contributed by atoms with Gasteiger partial charge in [-0.25, -0.2) is 13.4 Å². The molecule has 1 N–H and O–H groups in total. The standard InChI is InChI=1S/C26H25N5O2S2/c27-14-21-9-11-25-22(13-21)16-31(35(32,33)26-7-4-12-34-26)24(10-8-20-5-2-1-3-6-20)18-30(25)17-23-15-28-19-29-23/h1-7,9,11-13,15,19,24H,8,10,16-18H2,(H,28,29)/t24-/m1/s1. The molecule has 35 heavy (non-hydrogen) atoms. The van der Waals surface area contributed by atoms with E-state index in [0.717, 1.165) is 23.4 Å². The Balaban J connectivity index is 1.57. The van der Waals surface area contributed by atoms with Gasteiger partial charge in [0, 0.05) is 31.0 Å². The van der Waals surface area contributed by atoms with Crippen LogP contribution in [0.25, 0.3) is 0 Å². The molecule has 0 aliphatic carbocycles. The van der Waals surface area contributed by atoms with Crippen LogP contribution in [0.3, 0.4) is 0 Å². The molecule has 0 radical (unpaired) electrons. The van der Waals surface area contributed by atoms with Crippen molar-refractivity contribution in [3.05, 3.63) is 101 Å². The van der Waals surface area contributed by atoms with Gasteiger partial charge in [-0.3, -0.25) is 0 Å². The number of aryl methyl sites for hydroxylation is 1. The quantitative estimate of drug-likeness (QED) is 0.399. The number of sulfonamides is 1. The molecule has 0 spiro atoms. The third kappa shape index (κ3) is 5.00. The van der Waals surface area contributed by atoms with E-state index in [2.05, 4.69) is 33.1 Å². The summed E-state index contributed by atoms with van der Waals surface area (Å²) in [6.07, 6.45) is 4.87. The number of hydrogen-bond acceptors (Lipinski definition) is 6. The van der Waals surface area contributed by atoms with E-state index >= 15 is 0 Å². The zero-order chi connectivity index (χ0) is 24.3. The summed E-state index contributed by atoms with van der Waals surface area (Å²) in [5, 5.41) is 11.3. The first-order chi connectivity index (χ1) is 17.0. The molecule has 2 aromatic carbocycles. The number of nitrogens with zero attached hydrogens (tertiary/aromatic N) is 4. The smallest absolute Gasteiger partial charge is 0.253 e. The molecule has 1 aliphatic heterocycles. The van der Waals surface area contributed by atoms with Crippen molar-refractivity contribution in [2.24, 2.45) is 0 Å². The molecule has 178 valence electrons. The molecular formula is C26H25N5O2S2. The fourth-order valence-corrected chi connectivity index (χ4v) is 7.32. The van der Waals surface area contributed by atoms with Crippen molar-refractivity contribution in [3.8, 4) is 6.07 Å². The van der Waals surface area contributed by atoms with Crippen LogP contribution in [0.5, 0.6) is 0 Å². The van der Waals surface area contributed by atoms with Gasteiger partial charge in [0.25, 0.3) is 10.0 Å². The van der Waals surface area contributed by atoms with Gasteiger partial charge in [0.15, 0.2) is 0 Å². The van der Waals surface area contributed by atoms with Crippen molar-refractivity contribution in [1.29, 1.82) is 5.26 Å². The van der Waals surface area contributed by atoms with E-state index in [1.807, 2.05) is 30.3 Å². The number of fused-ring (bicyclic) bond motifs is 1. The molecule has 2 aromatic heterocycles. The van der Waals surface area contributed by atoms with Gasteiger partial charge in [0.2, 0.25) is 0 Å². The molecule has 3 heterocycles. The van der Waals surface area contributed by atoms with Crippen LogP contribution in [-0.2, 0) is 29.5 Å². The maximum absolute atomic E-state index is 13.8. The fraction of sp³-hybridized carbons (Fsp3) is 0.231. The largest absolute Gasteiger partial charge is 0.364 e. The molecule has 0 unspecified atom stereocenters. The summed E-state index contributed by atoms with van der Waals surface area (Å²) in [5.41, 5.74) is 4.39. The predicted octanol–water partition coefficient (Wildman–Crippen LogP) is 4.56. The number of hydrogen-bond donors (Lipinski definition) is 1. The van der Waals surface area contributed by atoms with Crippen molar-refractivity contribution in [2.75, 3.05) is 11.4 Å². The average molecular weight is 504 g/mol. The van der Waals surface area contributed by atoms with Crippen molar-refractivity contribution < 1.29 is 8.42 Å². The van der Waals surface area contributed by atoms with Crippen molar-refractivity contribution in [3.63, 3.8) is 0 Å². The SMILES string of the molecule is N#Cc1ccc2c(c1)CN(S(=O)(=O)c1cccs1)[C@H](CCc1ccccc1)CN2Cc1cnc[nH]1. The van der Waals surface area contributed by atoms with Gasteiger partial charge >= 0.3 is 0 Å². The third-order valence-corrected chi connectivity index (χ3v) is 9.57. The Morgan fingerprint density at radius 2 is 2.00 bits per heavy atom. The number of aromatic nitrogens is 2. The Labute approximate surface area is 209 Å². The Morgan fingerprint density at radius 1 is 1.14 bits per heavy atom. The first-order valence-corrected chi connectivity index (χ1v) is 13.7. The summed E-state index contributed by atoms with van der Waals surface area (Å²) >= 11 is 1.23. The van der Waals surface area contributed by atoms with E-state index in [1.165, 1.54) is 16.9 Å². The summed E-state index contributed by atoms with van der Waals surface area (Å²) in [5.74, 6) is 0. The van der Waals surface area contributed by atoms with Gasteiger partial charge in [0.1, 0.15) is 4.21 Å². The number of H-pyrrole nitrogens is 1. The number of anilines is 1. The van der Waals surface area contributed by atoms with Gasteiger partial charge in [-0.05, 0) is 53.6 Å². The second-order valence-electron chi connectivity index (χ2n) is 8.57. The van der Waals surface area contributed by atoms with Crippen LogP contribution in [0.15, 0.2) is 82.8 Å². The molecule has 5 rings (SSSR count). The Hall–Kier alpha value is -3.45. The first kappa shape index (κ1) is 23.3. The maximum atomic E-state index is 13.8. The van der Waals surface area contributed by atoms with Crippen LogP contribution >= 0.6 is 11.3 Å². The third-order valence-electron chi connectivity index (χ3n) is 6.30. The molecule has 0 fully saturated rings. The summed E-state index contributed by atoms with van der Waals surface area (Å²) in [6, 6.07) is 21.0. The lowest BCUT2D eigenvalue weighted by Crippen LogP contribution is -2.44. The number of nitrogens with one attached hydrogen (secondary N) is 1. The first-order valence-electron chi connectivity index (χ1n) is 11.4. The van der Waals surface area contributed by atoms with Crippen LogP contribution in [0.2, 0.25) is 0 Å². The molecule has 4 aromatic rings. The number of rotatable bonds is 7. The highest BCUT2D eigenvalue weighted by atomic mass is 32.2. The van der Waals surface area contributed by atoms with Crippen LogP contribution in [0.1, 0.15) is 28.8 Å². The number of imidazole rings is 1. The minimum Gasteiger partial charge on any atom is -0.364 e. The van der Waals surface area contributed by atoms with Gasteiger partial charge in [-0.2, -0.15) is 9.57 Å². The molecule has 0 saturated carbocycles. The maximum Gasteiger partial charge on any atom is 0.253 e. The van der Waals surface area contributed by atoms with E-state index in [0.29, 0.717) is 29.3 Å². The Morgan fingerprint density at radius 3 is 2.71 bits per heavy atom. The van der Waals surface area contributed by atoms with Gasteiger partial charge in [-0.15, -0.1) is 11.3 Å². The zero-order valence-corrected chi connectivity index (χ0v) is 20.7. The second-order valence-corrected chi connectivity index (χ2v) is 11.6. The van der Waals surface area contributed by atoms with Crippen molar-refractivity contribution >= 4 is 27.0 Å². The summed E-state index contributed by atoms with van der Waals surface area (Å²) < 4.78 is 29.7. The van der Waals surface area contributed by atoms with Crippen molar-refractivity contribution in [2.45, 2.75) is 36.2 Å². The van der Waals surface area contributed by atoms with Crippen LogP contribution in [-0.4, -0.2) is 35.3 Å². The zero-order valence-electron chi connectivity index (χ0n) is 19.0. The summed E-state index contributed by atoms with van der Waals surface area (Å²) in [4.78, 5) is 9.50. The molecule has 7 nitrogen and oxygen atoms in total. The van der Waals surface area contributed by atoms with E-state index in [9.17, 15) is 13.7 Å². The van der Waals surface area contributed by atoms with Crippen LogP contribution < -0.4 is 4.90 Å². The highest BCUT2D eigenvalue weighted by Crippen LogP contribution is 2.34. The van der Waals surface area contributed by atoms with Crippen molar-refractivity contribution in [1.82, 2.24) is 14.3 Å². The van der Waals surface area contributed by atoms with E-state index < -0.39 is 10.0 Å². The lowest BCUT2D eigenvalue weighted by molar-refractivity contribution is 0.306. The molecule has 0 saturated heterocycles. The normalized spacial score (nSPS) is 16.4. The van der Waals surface area contributed by atoms with Crippen LogP contribution in [0.4, 0.5) is 5.69 Å². The van der Waals surface area contributed by atoms with Gasteiger partial charge < -0.3 is 9.88 Å². The van der Waals surface area contributed by atoms with Gasteiger partial charge in [-0.1, -0.05) is 36.4 Å². The van der Waals surface area contributed by atoms with E-state index in [4.69, 9.17) is 0 Å². The minimum atomic E-state index is -3.72. The van der Waals surface area contributed by atoms with Crippen LogP contribution in [0, 0.1) is 11.3 Å². The van der Waals surface area contributed by atoms with E-state index in [-0.39, 0.29) is 12.6 Å². The highest BCUT2D eigenvalue weighted by molar-refractivity contribution is 7.91. The Kier molecular flexibility index (Phi) is 6.68. The lowest BCUT2D eigenvalue weighted by atomic mass is 10.0. The fourth-order valence-electron chi connectivity index (χ4n) is 4.58. The highest BCUT2D eigenvalue weighted by Gasteiger charge is 2.37. The number of thiophene rings is 1. The Bertz CT molecular complexity index is 1410. The summed E-state index contributed by atoms with van der Waals surface area (Å²) in [7, 11) is -3.72. The molecule has 9 heteroatoms. The molecule has 1 aliphatic rings. The number of benzene rings is 2. The predicted molar refractivity (Wildman–Crippen MR) is 136 cm³/mol. The molecule has 0 amide bonds. The number of aromatic amines is 1. The summed E-state index contributed by atoms with van der Waals surface area (Å²) in [6.45, 7) is 1.30. The molecule has 0 bridgehead atoms. The molecule has 1 atom stereocenters.